The highest BCUT2D eigenvalue weighted by Gasteiger charge is 2.21. The second kappa shape index (κ2) is 11.6. The number of rotatable bonds is 12. The van der Waals surface area contributed by atoms with Gasteiger partial charge in [0.05, 0.1) is 14.2 Å². The summed E-state index contributed by atoms with van der Waals surface area (Å²) in [5.41, 5.74) is 2.47. The average Bonchev–Trinajstić information content (AvgIpc) is 3.23. The molecule has 2 heterocycles. The van der Waals surface area contributed by atoms with E-state index in [4.69, 9.17) is 14.9 Å². The van der Waals surface area contributed by atoms with Gasteiger partial charge in [0.25, 0.3) is 0 Å². The highest BCUT2D eigenvalue weighted by atomic mass is 19.1. The van der Waals surface area contributed by atoms with E-state index in [0.29, 0.717) is 28.2 Å². The molecule has 1 aromatic carbocycles. The van der Waals surface area contributed by atoms with Gasteiger partial charge in [0.2, 0.25) is 0 Å². The van der Waals surface area contributed by atoms with Gasteiger partial charge in [0, 0.05) is 72.0 Å². The zero-order valence-corrected chi connectivity index (χ0v) is 19.9. The third kappa shape index (κ3) is 5.72. The molecular weight excluding hydrogens is 440 g/mol. The van der Waals surface area contributed by atoms with E-state index in [1.807, 2.05) is 6.07 Å². The van der Waals surface area contributed by atoms with Crippen LogP contribution in [0.3, 0.4) is 0 Å². The molecule has 2 aromatic heterocycles. The second-order valence-electron chi connectivity index (χ2n) is 8.16. The number of methoxy groups -OCH3 is 2. The van der Waals surface area contributed by atoms with Gasteiger partial charge in [-0.05, 0) is 24.6 Å². The summed E-state index contributed by atoms with van der Waals surface area (Å²) in [7, 11) is 2.64. The summed E-state index contributed by atoms with van der Waals surface area (Å²) in [6.07, 6.45) is 7.29. The van der Waals surface area contributed by atoms with Crippen molar-refractivity contribution < 1.29 is 18.3 Å². The minimum atomic E-state index is -0.768. The molecule has 0 saturated carbocycles. The number of nitrogens with zero attached hydrogens (tertiary/aromatic N) is 1. The first kappa shape index (κ1) is 25.2. The smallest absolute Gasteiger partial charge is 0.171 e. The van der Waals surface area contributed by atoms with Crippen molar-refractivity contribution in [1.29, 1.82) is 5.41 Å². The Morgan fingerprint density at radius 1 is 1.15 bits per heavy atom. The summed E-state index contributed by atoms with van der Waals surface area (Å²) in [6.45, 7) is 5.87. The van der Waals surface area contributed by atoms with Gasteiger partial charge in [-0.25, -0.2) is 13.8 Å². The molecule has 0 fully saturated rings. The Morgan fingerprint density at radius 2 is 1.85 bits per heavy atom. The van der Waals surface area contributed by atoms with Crippen molar-refractivity contribution in [3.05, 3.63) is 59.1 Å². The van der Waals surface area contributed by atoms with Crippen molar-refractivity contribution >= 4 is 22.8 Å². The van der Waals surface area contributed by atoms with Gasteiger partial charge >= 0.3 is 0 Å². The van der Waals surface area contributed by atoms with Gasteiger partial charge in [-0.1, -0.05) is 13.8 Å². The number of fused-ring (bicyclic) bond motifs is 1. The molecular formula is C25H31F2N5O2. The number of hydrogen-bond donors (Lipinski definition) is 4. The molecule has 0 aliphatic heterocycles. The van der Waals surface area contributed by atoms with E-state index in [2.05, 4.69) is 34.4 Å². The van der Waals surface area contributed by atoms with E-state index in [1.165, 1.54) is 26.5 Å². The van der Waals surface area contributed by atoms with Crippen LogP contribution in [-0.2, 0) is 6.42 Å². The van der Waals surface area contributed by atoms with Crippen molar-refractivity contribution in [3.63, 3.8) is 0 Å². The summed E-state index contributed by atoms with van der Waals surface area (Å²) < 4.78 is 39.8. The van der Waals surface area contributed by atoms with Crippen LogP contribution >= 0.6 is 0 Å². The number of hydrogen-bond acceptors (Lipinski definition) is 6. The molecule has 9 heteroatoms. The quantitative estimate of drug-likeness (QED) is 0.232. The lowest BCUT2D eigenvalue weighted by Gasteiger charge is -2.12. The fraction of sp³-hybridized carbons (Fsp3) is 0.360. The summed E-state index contributed by atoms with van der Waals surface area (Å²) >= 11 is 0. The van der Waals surface area contributed by atoms with Crippen LogP contribution in [0.1, 0.15) is 37.0 Å². The Morgan fingerprint density at radius 3 is 2.47 bits per heavy atom. The van der Waals surface area contributed by atoms with Crippen LogP contribution in [0, 0.1) is 17.0 Å². The highest BCUT2D eigenvalue weighted by molar-refractivity contribution is 6.09. The van der Waals surface area contributed by atoms with Gasteiger partial charge < -0.3 is 30.5 Å². The van der Waals surface area contributed by atoms with Crippen LogP contribution in [0.2, 0.25) is 0 Å². The number of aromatic amines is 1. The number of allylic oxidation sites excluding steroid dienone is 1. The number of nitrogens with one attached hydrogen (secondary N) is 4. The molecule has 0 atom stereocenters. The minimum Gasteiger partial charge on any atom is -0.494 e. The van der Waals surface area contributed by atoms with Crippen molar-refractivity contribution in [1.82, 2.24) is 20.6 Å². The molecule has 0 aliphatic carbocycles. The predicted molar refractivity (Wildman–Crippen MR) is 131 cm³/mol. The number of H-pyrrole nitrogens is 1. The molecule has 3 rings (SSSR count). The molecule has 34 heavy (non-hydrogen) atoms. The highest BCUT2D eigenvalue weighted by Crippen LogP contribution is 2.34. The van der Waals surface area contributed by atoms with Gasteiger partial charge in [-0.15, -0.1) is 0 Å². The summed E-state index contributed by atoms with van der Waals surface area (Å²) in [4.78, 5) is 7.47. The van der Waals surface area contributed by atoms with E-state index >= 15 is 0 Å². The normalized spacial score (nSPS) is 11.8. The fourth-order valence-electron chi connectivity index (χ4n) is 3.62. The van der Waals surface area contributed by atoms with Crippen LogP contribution in [0.15, 0.2) is 30.7 Å². The lowest BCUT2D eigenvalue weighted by Crippen LogP contribution is -2.25. The maximum Gasteiger partial charge on any atom is 0.171 e. The monoisotopic (exact) mass is 471 g/mol. The molecule has 0 spiro atoms. The molecule has 0 radical (unpaired) electrons. The number of ether oxygens (including phenoxy) is 2. The first-order chi connectivity index (χ1) is 16.4. The van der Waals surface area contributed by atoms with Crippen LogP contribution in [0.4, 0.5) is 8.78 Å². The van der Waals surface area contributed by atoms with Crippen molar-refractivity contribution in [2.45, 2.75) is 32.7 Å². The average molecular weight is 472 g/mol. The van der Waals surface area contributed by atoms with Crippen molar-refractivity contribution in [2.75, 3.05) is 27.3 Å². The molecule has 0 amide bonds. The molecule has 4 N–H and O–H groups in total. The Kier molecular flexibility index (Phi) is 8.59. The van der Waals surface area contributed by atoms with Crippen molar-refractivity contribution in [2.24, 2.45) is 0 Å². The summed E-state index contributed by atoms with van der Waals surface area (Å²) in [5, 5.41) is 15.1. The van der Waals surface area contributed by atoms with E-state index in [9.17, 15) is 8.78 Å². The van der Waals surface area contributed by atoms with E-state index in [1.54, 1.807) is 18.6 Å². The van der Waals surface area contributed by atoms with E-state index in [-0.39, 0.29) is 23.5 Å². The Bertz CT molecular complexity index is 1150. The third-order valence-electron chi connectivity index (χ3n) is 5.45. The molecule has 3 aromatic rings. The van der Waals surface area contributed by atoms with Gasteiger partial charge in [0.15, 0.2) is 23.1 Å². The number of benzene rings is 1. The van der Waals surface area contributed by atoms with Gasteiger partial charge in [0.1, 0.15) is 5.65 Å². The minimum absolute atomic E-state index is 0.0267. The first-order valence-electron chi connectivity index (χ1n) is 11.1. The SMILES string of the molecule is COc1cc(OC)c(F)c(Cc2c[nH]c3ncc(/C(C=N)=C/NCCCNC(C)C)cc23)c1F. The van der Waals surface area contributed by atoms with Crippen LogP contribution in [0.25, 0.3) is 16.6 Å². The van der Waals surface area contributed by atoms with Gasteiger partial charge in [-0.3, -0.25) is 0 Å². The van der Waals surface area contributed by atoms with E-state index in [0.717, 1.165) is 25.1 Å². The maximum absolute atomic E-state index is 14.9. The second-order valence-corrected chi connectivity index (χ2v) is 8.16. The first-order valence-corrected chi connectivity index (χ1v) is 11.1. The number of pyridine rings is 1. The lowest BCUT2D eigenvalue weighted by atomic mass is 10.0. The lowest BCUT2D eigenvalue weighted by molar-refractivity contribution is 0.354. The number of halogens is 2. The summed E-state index contributed by atoms with van der Waals surface area (Å²) in [5.74, 6) is -1.71. The van der Waals surface area contributed by atoms with Crippen LogP contribution in [0.5, 0.6) is 11.5 Å². The molecule has 0 saturated heterocycles. The standard InChI is InChI=1S/C25H31F2N5O2/c1-15(2)30-7-5-6-29-12-18(11-28)16-8-19-17(14-32-25(19)31-13-16)9-20-23(26)21(33-3)10-22(34-4)24(20)27/h8,10-15,28-30H,5-7,9H2,1-4H3,(H,31,32)/b18-12+,28-11?. The molecule has 0 aliphatic rings. The summed E-state index contributed by atoms with van der Waals surface area (Å²) in [6, 6.07) is 3.50. The number of aromatic nitrogens is 2. The van der Waals surface area contributed by atoms with Crippen molar-refractivity contribution in [3.8, 4) is 11.5 Å². The Balaban J connectivity index is 1.86. The topological polar surface area (TPSA) is 95.1 Å². The predicted octanol–water partition coefficient (Wildman–Crippen LogP) is 4.42. The molecule has 182 valence electrons. The zero-order chi connectivity index (χ0) is 24.7. The largest absolute Gasteiger partial charge is 0.494 e. The molecule has 7 nitrogen and oxygen atoms in total. The Hall–Kier alpha value is -3.46. The zero-order valence-electron chi connectivity index (χ0n) is 19.9. The molecule has 0 unspecified atom stereocenters. The third-order valence-corrected chi connectivity index (χ3v) is 5.45. The Labute approximate surface area is 198 Å². The van der Waals surface area contributed by atoms with E-state index < -0.39 is 11.6 Å². The van der Waals surface area contributed by atoms with Crippen LogP contribution in [-0.4, -0.2) is 49.5 Å². The maximum atomic E-state index is 14.9. The van der Waals surface area contributed by atoms with Crippen LogP contribution < -0.4 is 20.1 Å². The van der Waals surface area contributed by atoms with Gasteiger partial charge in [-0.2, -0.15) is 0 Å². The molecule has 0 bridgehead atoms. The fourth-order valence-corrected chi connectivity index (χ4v) is 3.62.